The third-order valence-electron chi connectivity index (χ3n) is 2.78. The molecule has 0 aliphatic carbocycles. The molecule has 1 aromatic heterocycles. The molecule has 0 aliphatic heterocycles. The van der Waals surface area contributed by atoms with Crippen LogP contribution in [0.5, 0.6) is 0 Å². The highest BCUT2D eigenvalue weighted by Crippen LogP contribution is 2.29. The van der Waals surface area contributed by atoms with Gasteiger partial charge >= 0.3 is 0 Å². The molecule has 18 heavy (non-hydrogen) atoms. The quantitative estimate of drug-likeness (QED) is 0.860. The zero-order valence-corrected chi connectivity index (χ0v) is 11.5. The SMILES string of the molecule is Cc1cc(C)c(Nc2ncc(N)cc2Cl)c(C)c1. The van der Waals surface area contributed by atoms with E-state index in [1.165, 1.54) is 16.7 Å². The van der Waals surface area contributed by atoms with Crippen LogP contribution in [0.25, 0.3) is 0 Å². The molecular formula is C14H16ClN3. The van der Waals surface area contributed by atoms with Crippen molar-refractivity contribution in [3.8, 4) is 0 Å². The summed E-state index contributed by atoms with van der Waals surface area (Å²) in [5.74, 6) is 0.626. The van der Waals surface area contributed by atoms with E-state index >= 15 is 0 Å². The molecular weight excluding hydrogens is 246 g/mol. The maximum atomic E-state index is 6.11. The number of aryl methyl sites for hydroxylation is 3. The zero-order chi connectivity index (χ0) is 13.3. The second kappa shape index (κ2) is 4.86. The van der Waals surface area contributed by atoms with Gasteiger partial charge in [-0.25, -0.2) is 4.98 Å². The number of hydrogen-bond acceptors (Lipinski definition) is 3. The average molecular weight is 262 g/mol. The molecule has 1 aromatic carbocycles. The lowest BCUT2D eigenvalue weighted by atomic mass is 10.1. The summed E-state index contributed by atoms with van der Waals surface area (Å²) in [6.45, 7) is 6.21. The molecule has 0 spiro atoms. The molecule has 0 radical (unpaired) electrons. The third-order valence-corrected chi connectivity index (χ3v) is 3.07. The van der Waals surface area contributed by atoms with Crippen LogP contribution in [-0.2, 0) is 0 Å². The number of nitrogens with two attached hydrogens (primary N) is 1. The summed E-state index contributed by atoms with van der Waals surface area (Å²) in [6, 6.07) is 5.94. The second-order valence-corrected chi connectivity index (χ2v) is 4.90. The molecule has 0 unspecified atom stereocenters. The molecule has 2 aromatic rings. The second-order valence-electron chi connectivity index (χ2n) is 4.50. The Kier molecular flexibility index (Phi) is 3.43. The van der Waals surface area contributed by atoms with Crippen molar-refractivity contribution in [2.24, 2.45) is 0 Å². The van der Waals surface area contributed by atoms with E-state index in [9.17, 15) is 0 Å². The van der Waals surface area contributed by atoms with Crippen LogP contribution in [0.3, 0.4) is 0 Å². The molecule has 0 atom stereocenters. The van der Waals surface area contributed by atoms with Crippen molar-refractivity contribution in [2.75, 3.05) is 11.1 Å². The van der Waals surface area contributed by atoms with E-state index in [0.29, 0.717) is 16.5 Å². The van der Waals surface area contributed by atoms with E-state index in [0.717, 1.165) is 5.69 Å². The van der Waals surface area contributed by atoms with Gasteiger partial charge in [-0.2, -0.15) is 0 Å². The zero-order valence-electron chi connectivity index (χ0n) is 10.7. The Morgan fingerprint density at radius 1 is 1.11 bits per heavy atom. The number of hydrogen-bond donors (Lipinski definition) is 2. The Labute approximate surface area is 112 Å². The smallest absolute Gasteiger partial charge is 0.149 e. The summed E-state index contributed by atoms with van der Waals surface area (Å²) in [5.41, 5.74) is 10.8. The predicted octanol–water partition coefficient (Wildman–Crippen LogP) is 3.99. The first-order valence-corrected chi connectivity index (χ1v) is 6.11. The molecule has 94 valence electrons. The first-order chi connectivity index (χ1) is 8.47. The van der Waals surface area contributed by atoms with Crippen LogP contribution in [0.1, 0.15) is 16.7 Å². The van der Waals surface area contributed by atoms with E-state index in [1.807, 2.05) is 0 Å². The Hall–Kier alpha value is -1.74. The standard InChI is InChI=1S/C14H16ClN3/c1-8-4-9(2)13(10(3)5-8)18-14-12(15)6-11(16)7-17-14/h4-7H,16H2,1-3H3,(H,17,18). The molecule has 4 heteroatoms. The minimum absolute atomic E-state index is 0.523. The van der Waals surface area contributed by atoms with Crippen LogP contribution in [-0.4, -0.2) is 4.98 Å². The summed E-state index contributed by atoms with van der Waals surface area (Å²) in [5, 5.41) is 3.79. The van der Waals surface area contributed by atoms with Crippen molar-refractivity contribution in [1.82, 2.24) is 4.98 Å². The number of rotatable bonds is 2. The molecule has 3 nitrogen and oxygen atoms in total. The molecule has 0 fully saturated rings. The Bertz CT molecular complexity index is 571. The average Bonchev–Trinajstić information content (AvgIpc) is 2.25. The number of anilines is 3. The number of nitrogen functional groups attached to an aromatic ring is 1. The number of nitrogens with one attached hydrogen (secondary N) is 1. The summed E-state index contributed by atoms with van der Waals surface area (Å²) in [7, 11) is 0. The highest BCUT2D eigenvalue weighted by atomic mass is 35.5. The van der Waals surface area contributed by atoms with E-state index < -0.39 is 0 Å². The van der Waals surface area contributed by atoms with E-state index in [4.69, 9.17) is 17.3 Å². The minimum Gasteiger partial charge on any atom is -0.397 e. The van der Waals surface area contributed by atoms with Gasteiger partial charge < -0.3 is 11.1 Å². The summed E-state index contributed by atoms with van der Waals surface area (Å²) in [4.78, 5) is 4.21. The molecule has 0 saturated heterocycles. The monoisotopic (exact) mass is 261 g/mol. The number of aromatic nitrogens is 1. The lowest BCUT2D eigenvalue weighted by molar-refractivity contribution is 1.26. The molecule has 0 amide bonds. The summed E-state index contributed by atoms with van der Waals surface area (Å²) < 4.78 is 0. The van der Waals surface area contributed by atoms with Crippen LogP contribution in [0.2, 0.25) is 5.02 Å². The van der Waals surface area contributed by atoms with E-state index in [1.54, 1.807) is 12.3 Å². The highest BCUT2D eigenvalue weighted by Gasteiger charge is 2.07. The third kappa shape index (κ3) is 2.57. The van der Waals surface area contributed by atoms with Gasteiger partial charge in [0.05, 0.1) is 16.9 Å². The maximum absolute atomic E-state index is 6.11. The first-order valence-electron chi connectivity index (χ1n) is 5.73. The lowest BCUT2D eigenvalue weighted by Gasteiger charge is -2.14. The molecule has 0 aliphatic rings. The fourth-order valence-electron chi connectivity index (χ4n) is 2.04. The van der Waals surface area contributed by atoms with Crippen molar-refractivity contribution in [2.45, 2.75) is 20.8 Å². The van der Waals surface area contributed by atoms with Gasteiger partial charge in [0.25, 0.3) is 0 Å². The van der Waals surface area contributed by atoms with Gasteiger partial charge in [-0.1, -0.05) is 29.3 Å². The molecule has 0 bridgehead atoms. The van der Waals surface area contributed by atoms with Crippen LogP contribution in [0.4, 0.5) is 17.2 Å². The van der Waals surface area contributed by atoms with Gasteiger partial charge in [-0.05, 0) is 38.0 Å². The van der Waals surface area contributed by atoms with Crippen molar-refractivity contribution < 1.29 is 0 Å². The fraction of sp³-hybridized carbons (Fsp3) is 0.214. The Morgan fingerprint density at radius 2 is 1.72 bits per heavy atom. The van der Waals surface area contributed by atoms with Crippen LogP contribution in [0.15, 0.2) is 24.4 Å². The Balaban J connectivity index is 2.40. The minimum atomic E-state index is 0.523. The van der Waals surface area contributed by atoms with Gasteiger partial charge in [0.1, 0.15) is 5.82 Å². The van der Waals surface area contributed by atoms with Gasteiger partial charge in [0.15, 0.2) is 0 Å². The summed E-state index contributed by atoms with van der Waals surface area (Å²) >= 11 is 6.11. The molecule has 2 rings (SSSR count). The van der Waals surface area contributed by atoms with Gasteiger partial charge in [0, 0.05) is 5.69 Å². The van der Waals surface area contributed by atoms with E-state index in [2.05, 4.69) is 43.2 Å². The van der Waals surface area contributed by atoms with Crippen LogP contribution >= 0.6 is 11.6 Å². The van der Waals surface area contributed by atoms with Gasteiger partial charge in [-0.15, -0.1) is 0 Å². The number of pyridine rings is 1. The number of halogens is 1. The van der Waals surface area contributed by atoms with Crippen LogP contribution in [0, 0.1) is 20.8 Å². The fourth-order valence-corrected chi connectivity index (χ4v) is 2.26. The normalized spacial score (nSPS) is 10.4. The van der Waals surface area contributed by atoms with Crippen molar-refractivity contribution in [3.63, 3.8) is 0 Å². The molecule has 1 heterocycles. The first kappa shape index (κ1) is 12.7. The van der Waals surface area contributed by atoms with E-state index in [-0.39, 0.29) is 0 Å². The predicted molar refractivity (Wildman–Crippen MR) is 77.6 cm³/mol. The molecule has 3 N–H and O–H groups in total. The maximum Gasteiger partial charge on any atom is 0.149 e. The van der Waals surface area contributed by atoms with Crippen molar-refractivity contribution in [3.05, 3.63) is 46.1 Å². The number of benzene rings is 1. The topological polar surface area (TPSA) is 50.9 Å². The van der Waals surface area contributed by atoms with Crippen LogP contribution < -0.4 is 11.1 Å². The van der Waals surface area contributed by atoms with Gasteiger partial charge in [-0.3, -0.25) is 0 Å². The van der Waals surface area contributed by atoms with Gasteiger partial charge in [0.2, 0.25) is 0 Å². The largest absolute Gasteiger partial charge is 0.397 e. The van der Waals surface area contributed by atoms with Crippen molar-refractivity contribution >= 4 is 28.8 Å². The highest BCUT2D eigenvalue weighted by molar-refractivity contribution is 6.33. The molecule has 0 saturated carbocycles. The van der Waals surface area contributed by atoms with Crippen molar-refractivity contribution in [1.29, 1.82) is 0 Å². The number of nitrogens with zero attached hydrogens (tertiary/aromatic N) is 1. The lowest BCUT2D eigenvalue weighted by Crippen LogP contribution is -2.00. The summed E-state index contributed by atoms with van der Waals surface area (Å²) in [6.07, 6.45) is 1.59. The Morgan fingerprint density at radius 3 is 2.28 bits per heavy atom.